The Balaban J connectivity index is 3.82. The van der Waals surface area contributed by atoms with Gasteiger partial charge in [-0.1, -0.05) is 13.8 Å². The van der Waals surface area contributed by atoms with Crippen LogP contribution in [0, 0.1) is 0 Å². The molecule has 0 saturated carbocycles. The van der Waals surface area contributed by atoms with E-state index in [9.17, 15) is 4.79 Å². The predicted octanol–water partition coefficient (Wildman–Crippen LogP) is 1.03. The molecule has 2 N–H and O–H groups in total. The highest BCUT2D eigenvalue weighted by Crippen LogP contribution is 1.93. The molecule has 4 heteroatoms. The van der Waals surface area contributed by atoms with Crippen LogP contribution in [-0.4, -0.2) is 36.1 Å². The summed E-state index contributed by atoms with van der Waals surface area (Å²) in [5, 5.41) is 1.26. The Hall–Kier alpha value is -0.770. The van der Waals surface area contributed by atoms with E-state index in [0.717, 1.165) is 19.4 Å². The van der Waals surface area contributed by atoms with Crippen molar-refractivity contribution in [2.75, 3.05) is 20.1 Å². The van der Waals surface area contributed by atoms with Crippen LogP contribution in [0.4, 0.5) is 4.79 Å². The van der Waals surface area contributed by atoms with Crippen LogP contribution in [0.5, 0.6) is 0 Å². The molecule has 0 aromatic heterocycles. The first-order chi connectivity index (χ1) is 5.63. The summed E-state index contributed by atoms with van der Waals surface area (Å²) in [7, 11) is 1.77. The molecule has 0 aromatic rings. The second-order valence-corrected chi connectivity index (χ2v) is 2.90. The molecule has 4 nitrogen and oxygen atoms in total. The number of hydrazine groups is 1. The van der Waals surface area contributed by atoms with E-state index in [1.54, 1.807) is 11.9 Å². The SMILES string of the molecule is CCCN(C)C(=O)N(N)CCC. The third-order valence-corrected chi connectivity index (χ3v) is 1.60. The van der Waals surface area contributed by atoms with Crippen molar-refractivity contribution in [1.82, 2.24) is 9.91 Å². The van der Waals surface area contributed by atoms with Crippen molar-refractivity contribution in [3.63, 3.8) is 0 Å². The molecule has 0 atom stereocenters. The molecule has 2 amide bonds. The lowest BCUT2D eigenvalue weighted by Gasteiger charge is -2.23. The second kappa shape index (κ2) is 5.83. The molecule has 0 spiro atoms. The molecule has 0 saturated heterocycles. The van der Waals surface area contributed by atoms with E-state index in [4.69, 9.17) is 5.84 Å². The Morgan fingerprint density at radius 3 is 2.17 bits per heavy atom. The molecule has 72 valence electrons. The molecule has 0 aliphatic carbocycles. The molecule has 0 aromatic carbocycles. The minimum atomic E-state index is -0.0984. The Bertz CT molecular complexity index is 124. The van der Waals surface area contributed by atoms with E-state index in [1.807, 2.05) is 13.8 Å². The summed E-state index contributed by atoms with van der Waals surface area (Å²) in [5.41, 5.74) is 0. The van der Waals surface area contributed by atoms with Crippen LogP contribution in [0.2, 0.25) is 0 Å². The fraction of sp³-hybridized carbons (Fsp3) is 0.875. The first-order valence-electron chi connectivity index (χ1n) is 4.40. The summed E-state index contributed by atoms with van der Waals surface area (Å²) < 4.78 is 0. The van der Waals surface area contributed by atoms with Crippen molar-refractivity contribution in [2.24, 2.45) is 5.84 Å². The number of nitrogens with two attached hydrogens (primary N) is 1. The van der Waals surface area contributed by atoms with Gasteiger partial charge in [-0.3, -0.25) is 5.01 Å². The number of urea groups is 1. The maximum Gasteiger partial charge on any atom is 0.333 e. The van der Waals surface area contributed by atoms with Gasteiger partial charge in [-0.05, 0) is 12.8 Å². The van der Waals surface area contributed by atoms with Gasteiger partial charge in [0.1, 0.15) is 0 Å². The van der Waals surface area contributed by atoms with Gasteiger partial charge in [-0.15, -0.1) is 0 Å². The van der Waals surface area contributed by atoms with E-state index in [0.29, 0.717) is 6.54 Å². The highest BCUT2D eigenvalue weighted by Gasteiger charge is 2.11. The molecule has 12 heavy (non-hydrogen) atoms. The third-order valence-electron chi connectivity index (χ3n) is 1.60. The van der Waals surface area contributed by atoms with Crippen LogP contribution in [0.1, 0.15) is 26.7 Å². The molecule has 0 aliphatic heterocycles. The summed E-state index contributed by atoms with van der Waals surface area (Å²) in [6, 6.07) is -0.0984. The van der Waals surface area contributed by atoms with E-state index in [2.05, 4.69) is 0 Å². The second-order valence-electron chi connectivity index (χ2n) is 2.90. The zero-order valence-corrected chi connectivity index (χ0v) is 8.21. The Kier molecular flexibility index (Phi) is 5.45. The largest absolute Gasteiger partial charge is 0.333 e. The molecule has 0 radical (unpaired) electrons. The molecule has 0 fully saturated rings. The Morgan fingerprint density at radius 1 is 1.25 bits per heavy atom. The molecule has 0 aliphatic rings. The predicted molar refractivity (Wildman–Crippen MR) is 49.5 cm³/mol. The van der Waals surface area contributed by atoms with E-state index < -0.39 is 0 Å². The third kappa shape index (κ3) is 3.57. The van der Waals surface area contributed by atoms with Gasteiger partial charge < -0.3 is 4.90 Å². The fourth-order valence-electron chi connectivity index (χ4n) is 0.987. The molecular formula is C8H19N3O. The Morgan fingerprint density at radius 2 is 1.75 bits per heavy atom. The minimum Gasteiger partial charge on any atom is -0.327 e. The number of hydrogen-bond acceptors (Lipinski definition) is 2. The lowest BCUT2D eigenvalue weighted by atomic mass is 10.4. The van der Waals surface area contributed by atoms with Gasteiger partial charge in [0.25, 0.3) is 0 Å². The van der Waals surface area contributed by atoms with Crippen molar-refractivity contribution in [3.8, 4) is 0 Å². The van der Waals surface area contributed by atoms with Gasteiger partial charge in [0, 0.05) is 20.1 Å². The van der Waals surface area contributed by atoms with Crippen LogP contribution in [-0.2, 0) is 0 Å². The maximum absolute atomic E-state index is 11.3. The number of nitrogens with zero attached hydrogens (tertiary/aromatic N) is 2. The average molecular weight is 173 g/mol. The summed E-state index contributed by atoms with van der Waals surface area (Å²) in [4.78, 5) is 13.0. The van der Waals surface area contributed by atoms with Gasteiger partial charge in [-0.25, -0.2) is 10.6 Å². The molecule has 0 unspecified atom stereocenters. The monoisotopic (exact) mass is 173 g/mol. The number of carbonyl (C=O) groups is 1. The van der Waals surface area contributed by atoms with Gasteiger partial charge in [0.15, 0.2) is 0 Å². The Labute approximate surface area is 74.3 Å². The summed E-state index contributed by atoms with van der Waals surface area (Å²) in [6.45, 7) is 5.40. The van der Waals surface area contributed by atoms with E-state index >= 15 is 0 Å². The standard InChI is InChI=1S/C8H19N3O/c1-4-6-10(3)8(12)11(9)7-5-2/h4-7,9H2,1-3H3. The average Bonchev–Trinajstić information content (AvgIpc) is 2.04. The first kappa shape index (κ1) is 11.2. The minimum absolute atomic E-state index is 0.0984. The fourth-order valence-corrected chi connectivity index (χ4v) is 0.987. The van der Waals surface area contributed by atoms with E-state index in [-0.39, 0.29) is 6.03 Å². The van der Waals surface area contributed by atoms with Crippen LogP contribution in [0.15, 0.2) is 0 Å². The smallest absolute Gasteiger partial charge is 0.327 e. The van der Waals surface area contributed by atoms with Crippen molar-refractivity contribution in [3.05, 3.63) is 0 Å². The lowest BCUT2D eigenvalue weighted by molar-refractivity contribution is 0.163. The van der Waals surface area contributed by atoms with Gasteiger partial charge in [0.2, 0.25) is 0 Å². The molecule has 0 rings (SSSR count). The van der Waals surface area contributed by atoms with Crippen LogP contribution >= 0.6 is 0 Å². The van der Waals surface area contributed by atoms with Crippen molar-refractivity contribution in [1.29, 1.82) is 0 Å². The summed E-state index contributed by atoms with van der Waals surface area (Å²) in [5.74, 6) is 5.50. The molecule has 0 bridgehead atoms. The molecule has 0 heterocycles. The number of rotatable bonds is 4. The normalized spacial score (nSPS) is 9.67. The zero-order chi connectivity index (χ0) is 9.56. The quantitative estimate of drug-likeness (QED) is 0.392. The first-order valence-corrected chi connectivity index (χ1v) is 4.40. The van der Waals surface area contributed by atoms with E-state index in [1.165, 1.54) is 5.01 Å². The van der Waals surface area contributed by atoms with Crippen LogP contribution in [0.3, 0.4) is 0 Å². The van der Waals surface area contributed by atoms with Crippen LogP contribution in [0.25, 0.3) is 0 Å². The maximum atomic E-state index is 11.3. The number of hydrogen-bond donors (Lipinski definition) is 1. The van der Waals surface area contributed by atoms with Crippen molar-refractivity contribution in [2.45, 2.75) is 26.7 Å². The zero-order valence-electron chi connectivity index (χ0n) is 8.21. The van der Waals surface area contributed by atoms with Gasteiger partial charge in [-0.2, -0.15) is 0 Å². The van der Waals surface area contributed by atoms with Gasteiger partial charge >= 0.3 is 6.03 Å². The lowest BCUT2D eigenvalue weighted by Crippen LogP contribution is -2.45. The van der Waals surface area contributed by atoms with Gasteiger partial charge in [0.05, 0.1) is 0 Å². The van der Waals surface area contributed by atoms with Crippen molar-refractivity contribution >= 4 is 6.03 Å². The van der Waals surface area contributed by atoms with Crippen molar-refractivity contribution < 1.29 is 4.79 Å². The highest BCUT2D eigenvalue weighted by atomic mass is 16.2. The topological polar surface area (TPSA) is 49.6 Å². The number of amides is 2. The summed E-state index contributed by atoms with van der Waals surface area (Å²) >= 11 is 0. The summed E-state index contributed by atoms with van der Waals surface area (Å²) in [6.07, 6.45) is 1.85. The highest BCUT2D eigenvalue weighted by molar-refractivity contribution is 5.73. The number of carbonyl (C=O) groups excluding carboxylic acids is 1. The van der Waals surface area contributed by atoms with Crippen LogP contribution < -0.4 is 5.84 Å². The molecular weight excluding hydrogens is 154 g/mol.